The number of rotatable bonds is 5. The Morgan fingerprint density at radius 1 is 1.40 bits per heavy atom. The number of benzene rings is 1. The number of nitrogens with zero attached hydrogens (tertiary/aromatic N) is 3. The molecule has 128 valence electrons. The summed E-state index contributed by atoms with van der Waals surface area (Å²) in [6.45, 7) is 1.73. The Balaban J connectivity index is 1.94. The van der Waals surface area contributed by atoms with Crippen molar-refractivity contribution in [1.82, 2.24) is 9.97 Å². The molecule has 0 atom stereocenters. The summed E-state index contributed by atoms with van der Waals surface area (Å²) in [5, 5.41) is 18.7. The average Bonchev–Trinajstić information content (AvgIpc) is 2.54. The number of hydrogen-bond acceptors (Lipinski definition) is 5. The minimum atomic E-state index is -1.21. The molecule has 7 heteroatoms. The minimum absolute atomic E-state index is 0.0149. The molecule has 1 aromatic carbocycles. The monoisotopic (exact) mass is 357 g/mol. The van der Waals surface area contributed by atoms with E-state index in [0.717, 1.165) is 5.56 Å². The van der Waals surface area contributed by atoms with E-state index < -0.39 is 5.97 Å². The minimum Gasteiger partial charge on any atom is -0.475 e. The van der Waals surface area contributed by atoms with Gasteiger partial charge in [0, 0.05) is 35.5 Å². The predicted octanol–water partition coefficient (Wildman–Crippen LogP) is 3.41. The summed E-state index contributed by atoms with van der Waals surface area (Å²) in [6, 6.07) is 9.61. The number of ether oxygens (including phenoxy) is 1. The fourth-order valence-electron chi connectivity index (χ4n) is 2.72. The summed E-state index contributed by atoms with van der Waals surface area (Å²) < 4.78 is 5.89. The topological polar surface area (TPSA) is 96.1 Å². The van der Waals surface area contributed by atoms with Gasteiger partial charge in [0.2, 0.25) is 11.7 Å². The summed E-state index contributed by atoms with van der Waals surface area (Å²) in [4.78, 5) is 19.4. The molecular formula is C18H16ClN3O3. The van der Waals surface area contributed by atoms with Crippen LogP contribution in [0.4, 0.5) is 0 Å². The van der Waals surface area contributed by atoms with E-state index >= 15 is 0 Å². The highest BCUT2D eigenvalue weighted by atomic mass is 35.5. The van der Waals surface area contributed by atoms with Crippen LogP contribution in [0, 0.1) is 24.2 Å². The number of carbonyl (C=O) groups is 1. The Hall–Kier alpha value is -2.65. The van der Waals surface area contributed by atoms with Gasteiger partial charge in [0.25, 0.3) is 0 Å². The van der Waals surface area contributed by atoms with E-state index in [1.54, 1.807) is 13.0 Å². The second kappa shape index (κ2) is 7.08. The van der Waals surface area contributed by atoms with Crippen molar-refractivity contribution in [2.24, 2.45) is 5.92 Å². The van der Waals surface area contributed by atoms with Crippen LogP contribution in [0.3, 0.4) is 0 Å². The van der Waals surface area contributed by atoms with Crippen molar-refractivity contribution in [2.75, 3.05) is 0 Å². The summed E-state index contributed by atoms with van der Waals surface area (Å²) >= 11 is 6.23. The van der Waals surface area contributed by atoms with Gasteiger partial charge in [-0.05, 0) is 18.6 Å². The summed E-state index contributed by atoms with van der Waals surface area (Å²) in [5.41, 5.74) is 2.13. The van der Waals surface area contributed by atoms with E-state index in [1.807, 2.05) is 18.2 Å². The molecule has 1 aliphatic carbocycles. The molecule has 25 heavy (non-hydrogen) atoms. The quantitative estimate of drug-likeness (QED) is 0.880. The van der Waals surface area contributed by atoms with Gasteiger partial charge in [-0.2, -0.15) is 10.2 Å². The first-order valence-electron chi connectivity index (χ1n) is 7.88. The normalized spacial score (nSPS) is 18.9. The SMILES string of the molecule is Cc1nc(C(=O)O)nc(O[C@H]2C[C@@H](C#N)C2)c1Cc1ccccc1Cl. The van der Waals surface area contributed by atoms with Crippen LogP contribution in [0.5, 0.6) is 5.88 Å². The van der Waals surface area contributed by atoms with Crippen LogP contribution in [-0.2, 0) is 6.42 Å². The first-order chi connectivity index (χ1) is 12.0. The number of aryl methyl sites for hydroxylation is 1. The fraction of sp³-hybridized carbons (Fsp3) is 0.333. The Morgan fingerprint density at radius 3 is 2.76 bits per heavy atom. The molecule has 1 aliphatic rings. The predicted molar refractivity (Wildman–Crippen MR) is 90.7 cm³/mol. The van der Waals surface area contributed by atoms with E-state index in [1.165, 1.54) is 0 Å². The smallest absolute Gasteiger partial charge is 0.374 e. The van der Waals surface area contributed by atoms with Crippen molar-refractivity contribution >= 4 is 17.6 Å². The lowest BCUT2D eigenvalue weighted by atomic mass is 9.83. The molecular weight excluding hydrogens is 342 g/mol. The zero-order chi connectivity index (χ0) is 18.0. The Morgan fingerprint density at radius 2 is 2.12 bits per heavy atom. The molecule has 0 unspecified atom stereocenters. The lowest BCUT2D eigenvalue weighted by molar-refractivity contribution is 0.0666. The van der Waals surface area contributed by atoms with E-state index in [4.69, 9.17) is 21.6 Å². The Labute approximate surface area is 150 Å². The molecule has 1 fully saturated rings. The van der Waals surface area contributed by atoms with Crippen molar-refractivity contribution in [3.8, 4) is 11.9 Å². The van der Waals surface area contributed by atoms with Crippen LogP contribution in [0.1, 0.15) is 40.3 Å². The number of aromatic carboxylic acids is 1. The van der Waals surface area contributed by atoms with Crippen molar-refractivity contribution in [3.63, 3.8) is 0 Å². The van der Waals surface area contributed by atoms with Gasteiger partial charge in [0.15, 0.2) is 0 Å². The molecule has 1 saturated carbocycles. The maximum absolute atomic E-state index is 11.3. The van der Waals surface area contributed by atoms with Crippen LogP contribution in [0.25, 0.3) is 0 Å². The second-order valence-corrected chi connectivity index (χ2v) is 6.43. The van der Waals surface area contributed by atoms with Crippen LogP contribution in [-0.4, -0.2) is 27.1 Å². The zero-order valence-corrected chi connectivity index (χ0v) is 14.3. The van der Waals surface area contributed by atoms with Gasteiger partial charge >= 0.3 is 5.97 Å². The third-order valence-electron chi connectivity index (χ3n) is 4.25. The van der Waals surface area contributed by atoms with Crippen LogP contribution in [0.2, 0.25) is 5.02 Å². The van der Waals surface area contributed by atoms with Crippen molar-refractivity contribution in [1.29, 1.82) is 5.26 Å². The highest BCUT2D eigenvalue weighted by molar-refractivity contribution is 6.31. The van der Waals surface area contributed by atoms with Crippen LogP contribution < -0.4 is 4.74 Å². The average molecular weight is 358 g/mol. The van der Waals surface area contributed by atoms with Crippen LogP contribution in [0.15, 0.2) is 24.3 Å². The molecule has 1 N–H and O–H groups in total. The van der Waals surface area contributed by atoms with Crippen molar-refractivity contribution in [3.05, 3.63) is 51.9 Å². The largest absolute Gasteiger partial charge is 0.475 e. The first-order valence-corrected chi connectivity index (χ1v) is 8.26. The van der Waals surface area contributed by atoms with Crippen molar-refractivity contribution < 1.29 is 14.6 Å². The molecule has 1 aromatic heterocycles. The lowest BCUT2D eigenvalue weighted by Gasteiger charge is -2.31. The number of halogens is 1. The second-order valence-electron chi connectivity index (χ2n) is 6.03. The van der Waals surface area contributed by atoms with Gasteiger partial charge in [0.05, 0.1) is 12.0 Å². The van der Waals surface area contributed by atoms with E-state index in [9.17, 15) is 9.90 Å². The summed E-state index contributed by atoms with van der Waals surface area (Å²) in [6.07, 6.45) is 1.54. The third-order valence-corrected chi connectivity index (χ3v) is 4.62. The number of carboxylic acid groups (broad SMARTS) is 1. The van der Waals surface area contributed by atoms with Crippen LogP contribution >= 0.6 is 11.6 Å². The number of carboxylic acids is 1. The number of hydrogen-bond donors (Lipinski definition) is 1. The number of nitriles is 1. The van der Waals surface area contributed by atoms with E-state index in [-0.39, 0.29) is 23.7 Å². The molecule has 0 saturated heterocycles. The molecule has 0 bridgehead atoms. The molecule has 2 aromatic rings. The molecule has 0 spiro atoms. The molecule has 0 aliphatic heterocycles. The molecule has 6 nitrogen and oxygen atoms in total. The maximum atomic E-state index is 11.3. The van der Waals surface area contributed by atoms with E-state index in [2.05, 4.69) is 16.0 Å². The van der Waals surface area contributed by atoms with Gasteiger partial charge < -0.3 is 9.84 Å². The molecule has 0 amide bonds. The summed E-state index contributed by atoms with van der Waals surface area (Å²) in [5.74, 6) is -1.27. The van der Waals surface area contributed by atoms with Gasteiger partial charge in [0.1, 0.15) is 6.10 Å². The first kappa shape index (κ1) is 17.2. The van der Waals surface area contributed by atoms with Gasteiger partial charge in [-0.1, -0.05) is 29.8 Å². The fourth-order valence-corrected chi connectivity index (χ4v) is 2.93. The third kappa shape index (κ3) is 3.72. The van der Waals surface area contributed by atoms with Gasteiger partial charge in [-0.3, -0.25) is 0 Å². The zero-order valence-electron chi connectivity index (χ0n) is 13.6. The standard InChI is InChI=1S/C18H16ClN3O3/c1-10-14(8-12-4-2-3-5-15(12)19)17(22-16(21-10)18(23)24)25-13-6-11(7-13)9-20/h2-5,11,13H,6-8H2,1H3,(H,23,24)/t11-,13+. The van der Waals surface area contributed by atoms with Gasteiger partial charge in [-0.25, -0.2) is 9.78 Å². The molecule has 3 rings (SSSR count). The van der Waals surface area contributed by atoms with E-state index in [0.29, 0.717) is 35.5 Å². The summed E-state index contributed by atoms with van der Waals surface area (Å²) in [7, 11) is 0. The highest BCUT2D eigenvalue weighted by Crippen LogP contribution is 2.33. The highest BCUT2D eigenvalue weighted by Gasteiger charge is 2.32. The lowest BCUT2D eigenvalue weighted by Crippen LogP contribution is -2.33. The molecule has 1 heterocycles. The maximum Gasteiger partial charge on any atom is 0.374 e. The Kier molecular flexibility index (Phi) is 4.86. The molecule has 0 radical (unpaired) electrons. The Bertz CT molecular complexity index is 857. The van der Waals surface area contributed by atoms with Crippen molar-refractivity contribution in [2.45, 2.75) is 32.3 Å². The van der Waals surface area contributed by atoms with Gasteiger partial charge in [-0.15, -0.1) is 0 Å². The number of aromatic nitrogens is 2.